The van der Waals surface area contributed by atoms with Crippen LogP contribution in [-0.4, -0.2) is 37.0 Å². The molecule has 1 amide bonds. The molecule has 0 bridgehead atoms. The summed E-state index contributed by atoms with van der Waals surface area (Å²) in [4.78, 5) is 14.2. The molecule has 2 aromatic carbocycles. The first kappa shape index (κ1) is 27.6. The third-order valence-electron chi connectivity index (χ3n) is 5.47. The van der Waals surface area contributed by atoms with E-state index in [1.54, 1.807) is 18.2 Å². The lowest BCUT2D eigenvalue weighted by molar-refractivity contribution is -0.143. The minimum atomic E-state index is -5.04. The van der Waals surface area contributed by atoms with Gasteiger partial charge in [-0.25, -0.2) is 0 Å². The van der Waals surface area contributed by atoms with Crippen LogP contribution < -0.4 is 5.32 Å². The summed E-state index contributed by atoms with van der Waals surface area (Å²) in [5.41, 5.74) is -3.00. The molecule has 1 aliphatic heterocycles. The lowest BCUT2D eigenvalue weighted by Crippen LogP contribution is -2.49. The van der Waals surface area contributed by atoms with E-state index in [-0.39, 0.29) is 24.4 Å². The van der Waals surface area contributed by atoms with Gasteiger partial charge in [0.05, 0.1) is 21.2 Å². The number of nitrogens with zero attached hydrogens (tertiary/aromatic N) is 1. The summed E-state index contributed by atoms with van der Waals surface area (Å²) in [7, 11) is 1.37. The lowest BCUT2D eigenvalue weighted by atomic mass is 9.85. The first-order valence-electron chi connectivity index (χ1n) is 9.51. The van der Waals surface area contributed by atoms with E-state index >= 15 is 0 Å². The number of likely N-dealkylation sites (N-methyl/N-ethyl adjacent to an activating group) is 1. The fourth-order valence-electron chi connectivity index (χ4n) is 3.82. The Morgan fingerprint density at radius 1 is 0.970 bits per heavy atom. The number of hydrogen-bond acceptors (Lipinski definition) is 2. The van der Waals surface area contributed by atoms with Crippen LogP contribution in [0.25, 0.3) is 0 Å². The van der Waals surface area contributed by atoms with E-state index in [0.29, 0.717) is 41.7 Å². The highest BCUT2D eigenvalue weighted by molar-refractivity contribution is 6.42. The van der Waals surface area contributed by atoms with E-state index in [0.717, 1.165) is 5.56 Å². The molecule has 1 saturated heterocycles. The molecular weight excluding hydrogens is 517 g/mol. The molecule has 0 aliphatic carbocycles. The van der Waals surface area contributed by atoms with Gasteiger partial charge in [0.15, 0.2) is 0 Å². The second kappa shape index (κ2) is 10.3. The first-order valence-corrected chi connectivity index (χ1v) is 10.3. The molecule has 0 radical (unpaired) electrons. The molecule has 1 fully saturated rings. The van der Waals surface area contributed by atoms with Crippen molar-refractivity contribution in [3.8, 4) is 0 Å². The zero-order valence-corrected chi connectivity index (χ0v) is 19.4. The largest absolute Gasteiger partial charge is 0.416 e. The van der Waals surface area contributed by atoms with Crippen LogP contribution in [0.3, 0.4) is 0 Å². The van der Waals surface area contributed by atoms with E-state index < -0.39 is 41.0 Å². The molecule has 0 aromatic heterocycles. The van der Waals surface area contributed by atoms with Gasteiger partial charge in [-0.15, -0.1) is 12.4 Å². The summed E-state index contributed by atoms with van der Waals surface area (Å²) in [5.74, 6) is -1.22. The van der Waals surface area contributed by atoms with Crippen molar-refractivity contribution >= 4 is 41.5 Å². The zero-order valence-electron chi connectivity index (χ0n) is 17.0. The van der Waals surface area contributed by atoms with Gasteiger partial charge in [-0.3, -0.25) is 4.79 Å². The van der Waals surface area contributed by atoms with Crippen molar-refractivity contribution in [1.29, 1.82) is 0 Å². The number of nitrogens with one attached hydrogen (secondary N) is 1. The Labute approximate surface area is 202 Å². The highest BCUT2D eigenvalue weighted by Gasteiger charge is 2.39. The van der Waals surface area contributed by atoms with Crippen LogP contribution in [0.15, 0.2) is 36.4 Å². The third-order valence-corrected chi connectivity index (χ3v) is 6.21. The number of rotatable bonds is 3. The van der Waals surface area contributed by atoms with Crippen molar-refractivity contribution in [2.75, 3.05) is 20.1 Å². The van der Waals surface area contributed by atoms with Crippen LogP contribution in [0.5, 0.6) is 0 Å². The topological polar surface area (TPSA) is 32.3 Å². The van der Waals surface area contributed by atoms with Gasteiger partial charge >= 0.3 is 12.4 Å². The number of hydrogen-bond donors (Lipinski definition) is 1. The predicted octanol–water partition coefficient (Wildman–Crippen LogP) is 6.67. The van der Waals surface area contributed by atoms with Gasteiger partial charge in [0.1, 0.15) is 0 Å². The molecule has 1 aliphatic rings. The maximum Gasteiger partial charge on any atom is 0.416 e. The molecule has 0 saturated carbocycles. The summed E-state index contributed by atoms with van der Waals surface area (Å²) in [6.07, 6.45) is -9.63. The lowest BCUT2D eigenvalue weighted by Gasteiger charge is -2.39. The van der Waals surface area contributed by atoms with Crippen LogP contribution in [0, 0.1) is 0 Å². The second-order valence-electron chi connectivity index (χ2n) is 7.55. The number of carbonyl (C=O) groups excluding carboxylic acids is 1. The monoisotopic (exact) mass is 534 g/mol. The van der Waals surface area contributed by atoms with Crippen molar-refractivity contribution in [2.24, 2.45) is 0 Å². The average molecular weight is 536 g/mol. The number of carbonyl (C=O) groups is 1. The van der Waals surface area contributed by atoms with Crippen LogP contribution >= 0.6 is 35.6 Å². The second-order valence-corrected chi connectivity index (χ2v) is 8.37. The Morgan fingerprint density at radius 2 is 1.55 bits per heavy atom. The van der Waals surface area contributed by atoms with Gasteiger partial charge in [0.2, 0.25) is 0 Å². The van der Waals surface area contributed by atoms with Gasteiger partial charge < -0.3 is 10.2 Å². The summed E-state index contributed by atoms with van der Waals surface area (Å²) in [6, 6.07) is 5.37. The molecule has 12 heteroatoms. The maximum absolute atomic E-state index is 13.2. The van der Waals surface area contributed by atoms with Gasteiger partial charge in [-0.05, 0) is 48.9 Å². The van der Waals surface area contributed by atoms with Gasteiger partial charge in [0.25, 0.3) is 5.91 Å². The van der Waals surface area contributed by atoms with Crippen molar-refractivity contribution in [3.63, 3.8) is 0 Å². The Bertz CT molecular complexity index is 980. The van der Waals surface area contributed by atoms with Gasteiger partial charge in [-0.2, -0.15) is 26.3 Å². The summed E-state index contributed by atoms with van der Waals surface area (Å²) in [6.45, 7) is 0.965. The van der Waals surface area contributed by atoms with Crippen LogP contribution in [-0.2, 0) is 12.4 Å². The Hall–Kier alpha value is -1.68. The predicted molar refractivity (Wildman–Crippen MR) is 116 cm³/mol. The molecule has 182 valence electrons. The third kappa shape index (κ3) is 6.26. The van der Waals surface area contributed by atoms with E-state index in [2.05, 4.69) is 5.32 Å². The molecular formula is C21H19Cl3F6N2O. The minimum Gasteiger partial charge on any atom is -0.338 e. The standard InChI is InChI=1S/C21H18Cl2F6N2O.ClH/c1-31(18-4-5-30-10-15(18)11-2-3-16(22)17(23)8-11)19(32)12-6-13(20(24,25)26)9-14(7-12)21(27,28)29;/h2-3,6-9,15,18,30H,4-5,10H2,1H3;1H. The van der Waals surface area contributed by atoms with Crippen molar-refractivity contribution < 1.29 is 31.1 Å². The van der Waals surface area contributed by atoms with E-state index in [4.69, 9.17) is 23.2 Å². The SMILES string of the molecule is CN(C(=O)c1cc(C(F)(F)F)cc(C(F)(F)F)c1)C1CCNCC1c1ccc(Cl)c(Cl)c1.Cl. The van der Waals surface area contributed by atoms with Gasteiger partial charge in [0, 0.05) is 31.1 Å². The van der Waals surface area contributed by atoms with Crippen LogP contribution in [0.4, 0.5) is 26.3 Å². The molecule has 0 spiro atoms. The Morgan fingerprint density at radius 3 is 2.06 bits per heavy atom. The van der Waals surface area contributed by atoms with E-state index in [1.165, 1.54) is 11.9 Å². The fourth-order valence-corrected chi connectivity index (χ4v) is 4.13. The Kier molecular flexibility index (Phi) is 8.60. The van der Waals surface area contributed by atoms with Crippen molar-refractivity contribution in [3.05, 3.63) is 68.7 Å². The van der Waals surface area contributed by atoms with Crippen LogP contribution in [0.2, 0.25) is 10.0 Å². The Balaban J connectivity index is 0.00000385. The molecule has 2 aromatic rings. The number of amides is 1. The van der Waals surface area contributed by atoms with E-state index in [1.807, 2.05) is 0 Å². The average Bonchev–Trinajstić information content (AvgIpc) is 2.73. The molecule has 33 heavy (non-hydrogen) atoms. The molecule has 2 unspecified atom stereocenters. The highest BCUT2D eigenvalue weighted by Crippen LogP contribution is 2.37. The number of piperidine rings is 1. The zero-order chi connectivity index (χ0) is 23.8. The molecule has 3 nitrogen and oxygen atoms in total. The summed E-state index contributed by atoms with van der Waals surface area (Å²) in [5, 5.41) is 3.82. The smallest absolute Gasteiger partial charge is 0.338 e. The maximum atomic E-state index is 13.2. The molecule has 2 atom stereocenters. The summed E-state index contributed by atoms with van der Waals surface area (Å²) >= 11 is 12.0. The van der Waals surface area contributed by atoms with Crippen LogP contribution in [0.1, 0.15) is 39.4 Å². The van der Waals surface area contributed by atoms with Crippen molar-refractivity contribution in [1.82, 2.24) is 10.2 Å². The summed E-state index contributed by atoms with van der Waals surface area (Å²) < 4.78 is 79.1. The van der Waals surface area contributed by atoms with Crippen molar-refractivity contribution in [2.45, 2.75) is 30.7 Å². The quantitative estimate of drug-likeness (QED) is 0.445. The minimum absolute atomic E-state index is 0. The number of alkyl halides is 6. The van der Waals surface area contributed by atoms with E-state index in [9.17, 15) is 31.1 Å². The molecule has 1 N–H and O–H groups in total. The first-order chi connectivity index (χ1) is 14.8. The normalized spacial score (nSPS) is 19.1. The fraction of sp³-hybridized carbons (Fsp3) is 0.381. The number of benzene rings is 2. The molecule has 3 rings (SSSR count). The number of halogens is 9. The van der Waals surface area contributed by atoms with Gasteiger partial charge in [-0.1, -0.05) is 29.3 Å². The highest BCUT2D eigenvalue weighted by atomic mass is 35.5. The molecule has 1 heterocycles.